The van der Waals surface area contributed by atoms with Crippen LogP contribution in [0.5, 0.6) is 0 Å². The monoisotopic (exact) mass is 292 g/mol. The number of ether oxygens (including phenoxy) is 1. The van der Waals surface area contributed by atoms with Gasteiger partial charge in [-0.3, -0.25) is 4.79 Å². The summed E-state index contributed by atoms with van der Waals surface area (Å²) in [6.07, 6.45) is 0. The molecule has 0 N–H and O–H groups in total. The van der Waals surface area contributed by atoms with Crippen LogP contribution in [0.1, 0.15) is 17.4 Å². The fourth-order valence-electron chi connectivity index (χ4n) is 2.01. The van der Waals surface area contributed by atoms with Gasteiger partial charge < -0.3 is 9.64 Å². The van der Waals surface area contributed by atoms with Gasteiger partial charge in [0.25, 0.3) is 5.91 Å². The fraction of sp³-hybridized carbons (Fsp3) is 0.333. The molecule has 0 aliphatic rings. The second-order valence-electron chi connectivity index (χ2n) is 4.38. The van der Waals surface area contributed by atoms with E-state index in [9.17, 15) is 4.79 Å². The lowest BCUT2D eigenvalue weighted by Gasteiger charge is -2.20. The molecule has 0 unspecified atom stereocenters. The SMILES string of the molecule is CCN(CCOC)C(=O)c1cc(Cl)c2ccccc2n1. The third kappa shape index (κ3) is 3.08. The molecular formula is C15H17ClN2O2. The Morgan fingerprint density at radius 3 is 2.85 bits per heavy atom. The molecule has 0 atom stereocenters. The summed E-state index contributed by atoms with van der Waals surface area (Å²) in [5, 5.41) is 1.40. The van der Waals surface area contributed by atoms with E-state index in [2.05, 4.69) is 4.98 Å². The van der Waals surface area contributed by atoms with Crippen molar-refractivity contribution in [2.75, 3.05) is 26.8 Å². The molecule has 0 spiro atoms. The first-order valence-electron chi connectivity index (χ1n) is 6.51. The molecule has 0 radical (unpaired) electrons. The van der Waals surface area contributed by atoms with Crippen LogP contribution in [0.2, 0.25) is 5.02 Å². The van der Waals surface area contributed by atoms with Crippen molar-refractivity contribution in [3.8, 4) is 0 Å². The molecule has 0 saturated heterocycles. The maximum Gasteiger partial charge on any atom is 0.272 e. The van der Waals surface area contributed by atoms with Gasteiger partial charge in [-0.25, -0.2) is 4.98 Å². The number of para-hydroxylation sites is 1. The predicted molar refractivity (Wildman–Crippen MR) is 80.2 cm³/mol. The average Bonchev–Trinajstić information content (AvgIpc) is 2.47. The number of methoxy groups -OCH3 is 1. The molecule has 0 aliphatic heterocycles. The van der Waals surface area contributed by atoms with Gasteiger partial charge in [-0.15, -0.1) is 0 Å². The maximum absolute atomic E-state index is 12.4. The Hall–Kier alpha value is -1.65. The van der Waals surface area contributed by atoms with Crippen LogP contribution in [0, 0.1) is 0 Å². The van der Waals surface area contributed by atoms with Gasteiger partial charge in [0.1, 0.15) is 5.69 Å². The largest absolute Gasteiger partial charge is 0.383 e. The zero-order chi connectivity index (χ0) is 14.5. The molecular weight excluding hydrogens is 276 g/mol. The van der Waals surface area contributed by atoms with Gasteiger partial charge in [0.15, 0.2) is 0 Å². The summed E-state index contributed by atoms with van der Waals surface area (Å²) in [4.78, 5) is 18.5. The third-order valence-corrected chi connectivity index (χ3v) is 3.43. The quantitative estimate of drug-likeness (QED) is 0.851. The molecule has 2 rings (SSSR count). The number of fused-ring (bicyclic) bond motifs is 1. The number of rotatable bonds is 5. The lowest BCUT2D eigenvalue weighted by atomic mass is 10.2. The van der Waals surface area contributed by atoms with E-state index in [1.165, 1.54) is 0 Å². The molecule has 2 aromatic rings. The van der Waals surface area contributed by atoms with E-state index >= 15 is 0 Å². The molecule has 106 valence electrons. The Morgan fingerprint density at radius 2 is 2.15 bits per heavy atom. The number of halogens is 1. The average molecular weight is 293 g/mol. The summed E-state index contributed by atoms with van der Waals surface area (Å²) >= 11 is 6.22. The number of amides is 1. The van der Waals surface area contributed by atoms with E-state index in [-0.39, 0.29) is 5.91 Å². The number of carbonyl (C=O) groups excluding carboxylic acids is 1. The first-order valence-corrected chi connectivity index (χ1v) is 6.88. The molecule has 0 saturated carbocycles. The van der Waals surface area contributed by atoms with Gasteiger partial charge in [0, 0.05) is 25.6 Å². The van der Waals surface area contributed by atoms with Gasteiger partial charge in [-0.05, 0) is 19.1 Å². The highest BCUT2D eigenvalue weighted by atomic mass is 35.5. The van der Waals surface area contributed by atoms with Gasteiger partial charge >= 0.3 is 0 Å². The van der Waals surface area contributed by atoms with Crippen molar-refractivity contribution >= 4 is 28.4 Å². The van der Waals surface area contributed by atoms with E-state index in [0.717, 1.165) is 10.9 Å². The van der Waals surface area contributed by atoms with Crippen LogP contribution in [0.4, 0.5) is 0 Å². The van der Waals surface area contributed by atoms with Crippen LogP contribution < -0.4 is 0 Å². The smallest absolute Gasteiger partial charge is 0.272 e. The summed E-state index contributed by atoms with van der Waals surface area (Å²) in [6, 6.07) is 9.14. The van der Waals surface area contributed by atoms with Gasteiger partial charge in [-0.1, -0.05) is 29.8 Å². The predicted octanol–water partition coefficient (Wildman–Crippen LogP) is 3.00. The Bertz CT molecular complexity index is 616. The van der Waals surface area contributed by atoms with Gasteiger partial charge in [0.05, 0.1) is 17.1 Å². The van der Waals surface area contributed by atoms with Gasteiger partial charge in [0.2, 0.25) is 0 Å². The summed E-state index contributed by atoms with van der Waals surface area (Å²) in [5.74, 6) is -0.128. The molecule has 0 aliphatic carbocycles. The van der Waals surface area contributed by atoms with Crippen molar-refractivity contribution in [3.63, 3.8) is 0 Å². The normalized spacial score (nSPS) is 10.8. The third-order valence-electron chi connectivity index (χ3n) is 3.12. The highest BCUT2D eigenvalue weighted by Crippen LogP contribution is 2.23. The molecule has 4 nitrogen and oxygen atoms in total. The van der Waals surface area contributed by atoms with Crippen molar-refractivity contribution in [1.82, 2.24) is 9.88 Å². The summed E-state index contributed by atoms with van der Waals surface area (Å²) < 4.78 is 5.01. The number of nitrogens with zero attached hydrogens (tertiary/aromatic N) is 2. The molecule has 0 fully saturated rings. The standard InChI is InChI=1S/C15H17ClN2O2/c1-3-18(8-9-20-2)15(19)14-10-12(16)11-6-4-5-7-13(11)17-14/h4-7,10H,3,8-9H2,1-2H3. The minimum atomic E-state index is -0.128. The minimum Gasteiger partial charge on any atom is -0.383 e. The van der Waals surface area contributed by atoms with Crippen LogP contribution in [-0.4, -0.2) is 42.6 Å². The second-order valence-corrected chi connectivity index (χ2v) is 4.79. The van der Waals surface area contributed by atoms with E-state index in [1.807, 2.05) is 31.2 Å². The Kier molecular flexibility index (Phi) is 4.93. The first-order chi connectivity index (χ1) is 9.67. The van der Waals surface area contributed by atoms with Crippen molar-refractivity contribution < 1.29 is 9.53 Å². The highest BCUT2D eigenvalue weighted by Gasteiger charge is 2.17. The number of pyridine rings is 1. The molecule has 1 aromatic heterocycles. The van der Waals surface area contributed by atoms with Crippen LogP contribution in [0.15, 0.2) is 30.3 Å². The maximum atomic E-state index is 12.4. The molecule has 1 heterocycles. The number of benzene rings is 1. The molecule has 0 bridgehead atoms. The fourth-order valence-corrected chi connectivity index (χ4v) is 2.27. The van der Waals surface area contributed by atoms with E-state index < -0.39 is 0 Å². The van der Waals surface area contributed by atoms with Crippen molar-refractivity contribution in [2.45, 2.75) is 6.92 Å². The topological polar surface area (TPSA) is 42.4 Å². The molecule has 20 heavy (non-hydrogen) atoms. The lowest BCUT2D eigenvalue weighted by Crippen LogP contribution is -2.34. The van der Waals surface area contributed by atoms with E-state index in [1.54, 1.807) is 18.1 Å². The Balaban J connectivity index is 2.34. The zero-order valence-electron chi connectivity index (χ0n) is 11.6. The van der Waals surface area contributed by atoms with Crippen molar-refractivity contribution in [2.24, 2.45) is 0 Å². The second kappa shape index (κ2) is 6.68. The van der Waals surface area contributed by atoms with Crippen LogP contribution in [0.25, 0.3) is 10.9 Å². The number of aromatic nitrogens is 1. The Labute approximate surface area is 123 Å². The molecule has 1 aromatic carbocycles. The summed E-state index contributed by atoms with van der Waals surface area (Å²) in [7, 11) is 1.61. The number of hydrogen-bond acceptors (Lipinski definition) is 3. The summed E-state index contributed by atoms with van der Waals surface area (Å²) in [5.41, 5.74) is 1.10. The van der Waals surface area contributed by atoms with Crippen LogP contribution in [-0.2, 0) is 4.74 Å². The van der Waals surface area contributed by atoms with Crippen molar-refractivity contribution in [3.05, 3.63) is 41.0 Å². The van der Waals surface area contributed by atoms with Crippen LogP contribution in [0.3, 0.4) is 0 Å². The Morgan fingerprint density at radius 1 is 1.40 bits per heavy atom. The van der Waals surface area contributed by atoms with Gasteiger partial charge in [-0.2, -0.15) is 0 Å². The number of hydrogen-bond donors (Lipinski definition) is 0. The van der Waals surface area contributed by atoms with Crippen LogP contribution >= 0.6 is 11.6 Å². The number of carbonyl (C=O) groups is 1. The lowest BCUT2D eigenvalue weighted by molar-refractivity contribution is 0.0701. The van der Waals surface area contributed by atoms with Crippen molar-refractivity contribution in [1.29, 1.82) is 0 Å². The van der Waals surface area contributed by atoms with E-state index in [0.29, 0.717) is 30.4 Å². The minimum absolute atomic E-state index is 0.128. The first kappa shape index (κ1) is 14.8. The highest BCUT2D eigenvalue weighted by molar-refractivity contribution is 6.35. The molecule has 1 amide bonds. The number of likely N-dealkylation sites (N-methyl/N-ethyl adjacent to an activating group) is 1. The van der Waals surface area contributed by atoms with E-state index in [4.69, 9.17) is 16.3 Å². The zero-order valence-corrected chi connectivity index (χ0v) is 12.4. The molecule has 5 heteroatoms. The summed E-state index contributed by atoms with van der Waals surface area (Å²) in [6.45, 7) is 3.57.